The number of aromatic nitrogens is 2. The third kappa shape index (κ3) is 1.64. The second kappa shape index (κ2) is 2.97. The third-order valence-electron chi connectivity index (χ3n) is 0.942. The molecule has 1 aromatic rings. The first kappa shape index (κ1) is 5.95. The smallest absolute Gasteiger partial charge is 0.115 e. The van der Waals surface area contributed by atoms with Crippen LogP contribution in [0.25, 0.3) is 6.08 Å². The molecule has 0 fully saturated rings. The second-order valence-corrected chi connectivity index (χ2v) is 1.63. The Kier molecular flexibility index (Phi) is 1.96. The highest BCUT2D eigenvalue weighted by Gasteiger charge is 1.80. The van der Waals surface area contributed by atoms with Crippen LogP contribution in [0, 0.1) is 0 Å². The van der Waals surface area contributed by atoms with E-state index in [0.29, 0.717) is 0 Å². The lowest BCUT2D eigenvalue weighted by Crippen LogP contribution is -1.78. The summed E-state index contributed by atoms with van der Waals surface area (Å²) in [5, 5.41) is 0. The molecule has 46 valence electrons. The predicted octanol–water partition coefficient (Wildman–Crippen LogP) is 1.51. The summed E-state index contributed by atoms with van der Waals surface area (Å²) in [5.74, 6) is 0. The van der Waals surface area contributed by atoms with Crippen LogP contribution >= 0.6 is 0 Å². The van der Waals surface area contributed by atoms with Crippen LogP contribution < -0.4 is 0 Å². The highest BCUT2D eigenvalue weighted by molar-refractivity contribution is 5.42. The van der Waals surface area contributed by atoms with Crippen LogP contribution in [0.15, 0.2) is 24.7 Å². The Labute approximate surface area is 54.3 Å². The van der Waals surface area contributed by atoms with Crippen molar-refractivity contribution < 1.29 is 0 Å². The number of nitrogens with zero attached hydrogens (tertiary/aromatic N) is 2. The Bertz CT molecular complexity index is 191. The molecule has 9 heavy (non-hydrogen) atoms. The zero-order valence-electron chi connectivity index (χ0n) is 5.28. The van der Waals surface area contributed by atoms with Crippen LogP contribution in [0.2, 0.25) is 0 Å². The van der Waals surface area contributed by atoms with E-state index in [1.807, 2.05) is 25.1 Å². The van der Waals surface area contributed by atoms with E-state index in [4.69, 9.17) is 0 Å². The van der Waals surface area contributed by atoms with Crippen molar-refractivity contribution in [1.29, 1.82) is 0 Å². The van der Waals surface area contributed by atoms with Crippen molar-refractivity contribution in [2.45, 2.75) is 6.92 Å². The standard InChI is InChI=1S/C7H8N2/c1-2-3-7-4-5-8-6-9-7/h2-6H,1H3/b3-2-. The van der Waals surface area contributed by atoms with E-state index in [0.717, 1.165) is 5.69 Å². The average molecular weight is 120 g/mol. The van der Waals surface area contributed by atoms with Crippen molar-refractivity contribution in [2.75, 3.05) is 0 Å². The van der Waals surface area contributed by atoms with E-state index >= 15 is 0 Å². The van der Waals surface area contributed by atoms with E-state index in [1.54, 1.807) is 6.20 Å². The van der Waals surface area contributed by atoms with Crippen molar-refractivity contribution in [1.82, 2.24) is 9.97 Å². The summed E-state index contributed by atoms with van der Waals surface area (Å²) in [6.45, 7) is 1.96. The number of hydrogen-bond acceptors (Lipinski definition) is 2. The summed E-state index contributed by atoms with van der Waals surface area (Å²) in [7, 11) is 0. The molecule has 0 bridgehead atoms. The van der Waals surface area contributed by atoms with Gasteiger partial charge in [0.1, 0.15) is 6.33 Å². The molecule has 0 saturated carbocycles. The maximum Gasteiger partial charge on any atom is 0.115 e. The molecule has 0 aromatic carbocycles. The monoisotopic (exact) mass is 120 g/mol. The van der Waals surface area contributed by atoms with Crippen LogP contribution in [-0.4, -0.2) is 9.97 Å². The van der Waals surface area contributed by atoms with Gasteiger partial charge in [-0.2, -0.15) is 0 Å². The third-order valence-corrected chi connectivity index (χ3v) is 0.942. The lowest BCUT2D eigenvalue weighted by atomic mass is 10.4. The zero-order chi connectivity index (χ0) is 6.53. The molecule has 0 N–H and O–H groups in total. The molecule has 0 amide bonds. The van der Waals surface area contributed by atoms with Gasteiger partial charge in [-0.15, -0.1) is 0 Å². The zero-order valence-corrected chi connectivity index (χ0v) is 5.28. The fraction of sp³-hybridized carbons (Fsp3) is 0.143. The predicted molar refractivity (Wildman–Crippen MR) is 36.7 cm³/mol. The van der Waals surface area contributed by atoms with Crippen molar-refractivity contribution in [2.24, 2.45) is 0 Å². The molecule has 0 saturated heterocycles. The Morgan fingerprint density at radius 1 is 1.56 bits per heavy atom. The molecule has 2 nitrogen and oxygen atoms in total. The first-order valence-corrected chi connectivity index (χ1v) is 2.82. The van der Waals surface area contributed by atoms with Crippen molar-refractivity contribution in [3.63, 3.8) is 0 Å². The van der Waals surface area contributed by atoms with Crippen LogP contribution in [0.4, 0.5) is 0 Å². The van der Waals surface area contributed by atoms with Gasteiger partial charge in [0, 0.05) is 6.20 Å². The molecule has 0 atom stereocenters. The molecule has 0 aliphatic rings. The normalized spacial score (nSPS) is 10.3. The van der Waals surface area contributed by atoms with Gasteiger partial charge in [-0.1, -0.05) is 6.08 Å². The first-order chi connectivity index (χ1) is 4.43. The minimum Gasteiger partial charge on any atom is -0.245 e. The minimum absolute atomic E-state index is 0.951. The molecule has 1 heterocycles. The maximum atomic E-state index is 3.97. The van der Waals surface area contributed by atoms with Gasteiger partial charge < -0.3 is 0 Å². The van der Waals surface area contributed by atoms with Gasteiger partial charge >= 0.3 is 0 Å². The molecule has 0 spiro atoms. The Balaban J connectivity index is 2.85. The van der Waals surface area contributed by atoms with E-state index in [9.17, 15) is 0 Å². The van der Waals surface area contributed by atoms with Gasteiger partial charge in [-0.3, -0.25) is 0 Å². The topological polar surface area (TPSA) is 25.8 Å². The van der Waals surface area contributed by atoms with Crippen LogP contribution in [0.3, 0.4) is 0 Å². The van der Waals surface area contributed by atoms with E-state index in [2.05, 4.69) is 9.97 Å². The summed E-state index contributed by atoms with van der Waals surface area (Å²) < 4.78 is 0. The lowest BCUT2D eigenvalue weighted by molar-refractivity contribution is 1.15. The average Bonchev–Trinajstić information content (AvgIpc) is 1.91. The van der Waals surface area contributed by atoms with Gasteiger partial charge in [-0.25, -0.2) is 9.97 Å². The SMILES string of the molecule is C/C=C\c1ccncn1. The summed E-state index contributed by atoms with van der Waals surface area (Å²) in [5.41, 5.74) is 0.951. The van der Waals surface area contributed by atoms with Gasteiger partial charge in [0.15, 0.2) is 0 Å². The lowest BCUT2D eigenvalue weighted by Gasteiger charge is -1.85. The number of allylic oxidation sites excluding steroid dienone is 1. The van der Waals surface area contributed by atoms with Crippen LogP contribution in [0.1, 0.15) is 12.6 Å². The number of rotatable bonds is 1. The fourth-order valence-corrected chi connectivity index (χ4v) is 0.570. The molecular weight excluding hydrogens is 112 g/mol. The highest BCUT2D eigenvalue weighted by Crippen LogP contribution is 1.92. The fourth-order valence-electron chi connectivity index (χ4n) is 0.570. The van der Waals surface area contributed by atoms with Gasteiger partial charge in [0.2, 0.25) is 0 Å². The molecule has 0 radical (unpaired) electrons. The Morgan fingerprint density at radius 3 is 3.00 bits per heavy atom. The van der Waals surface area contributed by atoms with Crippen molar-refractivity contribution in [3.05, 3.63) is 30.4 Å². The minimum atomic E-state index is 0.951. The van der Waals surface area contributed by atoms with E-state index < -0.39 is 0 Å². The van der Waals surface area contributed by atoms with Gasteiger partial charge in [-0.05, 0) is 19.1 Å². The summed E-state index contributed by atoms with van der Waals surface area (Å²) in [6, 6.07) is 1.86. The highest BCUT2D eigenvalue weighted by atomic mass is 14.8. The molecular formula is C7H8N2. The van der Waals surface area contributed by atoms with E-state index in [1.165, 1.54) is 6.33 Å². The molecule has 1 rings (SSSR count). The quantitative estimate of drug-likeness (QED) is 0.561. The van der Waals surface area contributed by atoms with E-state index in [-0.39, 0.29) is 0 Å². The van der Waals surface area contributed by atoms with Gasteiger partial charge in [0.25, 0.3) is 0 Å². The molecule has 0 unspecified atom stereocenters. The molecule has 0 aliphatic carbocycles. The largest absolute Gasteiger partial charge is 0.245 e. The maximum absolute atomic E-state index is 3.97. The first-order valence-electron chi connectivity index (χ1n) is 2.82. The summed E-state index contributed by atoms with van der Waals surface area (Å²) in [4.78, 5) is 7.75. The van der Waals surface area contributed by atoms with Crippen LogP contribution in [0.5, 0.6) is 0 Å². The Hall–Kier alpha value is -1.18. The molecule has 2 heteroatoms. The summed E-state index contributed by atoms with van der Waals surface area (Å²) in [6.07, 6.45) is 7.14. The Morgan fingerprint density at radius 2 is 2.44 bits per heavy atom. The molecule has 0 aliphatic heterocycles. The van der Waals surface area contributed by atoms with Crippen LogP contribution in [-0.2, 0) is 0 Å². The van der Waals surface area contributed by atoms with Gasteiger partial charge in [0.05, 0.1) is 5.69 Å². The number of hydrogen-bond donors (Lipinski definition) is 0. The summed E-state index contributed by atoms with van der Waals surface area (Å²) >= 11 is 0. The second-order valence-electron chi connectivity index (χ2n) is 1.63. The van der Waals surface area contributed by atoms with Crippen molar-refractivity contribution in [3.8, 4) is 0 Å². The molecule has 1 aromatic heterocycles. The van der Waals surface area contributed by atoms with Crippen molar-refractivity contribution >= 4 is 6.08 Å².